The molecule has 1 saturated heterocycles. The first-order chi connectivity index (χ1) is 7.90. The standard InChI is InChI=1S/C11H18N2OS2/c1-2-12-9(7-11-13-3-5-16-11)10-8-15-6-4-14-10/h3,5,9-10,12H,2,4,6-8H2,1H3. The Balaban J connectivity index is 1.92. The minimum absolute atomic E-state index is 0.336. The molecule has 0 radical (unpaired) electrons. The first-order valence-corrected chi connectivity index (χ1v) is 7.74. The van der Waals surface area contributed by atoms with Gasteiger partial charge in [-0.05, 0) is 6.54 Å². The molecule has 90 valence electrons. The van der Waals surface area contributed by atoms with Crippen LogP contribution < -0.4 is 5.32 Å². The minimum Gasteiger partial charge on any atom is -0.375 e. The van der Waals surface area contributed by atoms with Crippen LogP contribution >= 0.6 is 23.1 Å². The molecule has 1 aliphatic heterocycles. The molecule has 0 aliphatic carbocycles. The lowest BCUT2D eigenvalue weighted by Gasteiger charge is -2.30. The molecule has 3 nitrogen and oxygen atoms in total. The van der Waals surface area contributed by atoms with Crippen molar-refractivity contribution in [2.75, 3.05) is 24.7 Å². The fraction of sp³-hybridized carbons (Fsp3) is 0.727. The number of likely N-dealkylation sites (N-methyl/N-ethyl adjacent to an activating group) is 1. The molecule has 1 aromatic heterocycles. The van der Waals surface area contributed by atoms with Gasteiger partial charge in [0.2, 0.25) is 0 Å². The zero-order chi connectivity index (χ0) is 11.2. The van der Waals surface area contributed by atoms with Crippen LogP contribution in [0, 0.1) is 0 Å². The molecule has 5 heteroatoms. The Kier molecular flexibility index (Phi) is 5.09. The van der Waals surface area contributed by atoms with Gasteiger partial charge in [0.15, 0.2) is 0 Å². The molecule has 2 rings (SSSR count). The zero-order valence-corrected chi connectivity index (χ0v) is 11.1. The number of thiazole rings is 1. The summed E-state index contributed by atoms with van der Waals surface area (Å²) in [4.78, 5) is 4.35. The minimum atomic E-state index is 0.336. The second-order valence-electron chi connectivity index (χ2n) is 3.78. The van der Waals surface area contributed by atoms with Crippen LogP contribution in [-0.4, -0.2) is 41.8 Å². The predicted molar refractivity (Wildman–Crippen MR) is 70.3 cm³/mol. The lowest BCUT2D eigenvalue weighted by molar-refractivity contribution is 0.0476. The van der Waals surface area contributed by atoms with Crippen LogP contribution in [-0.2, 0) is 11.2 Å². The van der Waals surface area contributed by atoms with Gasteiger partial charge in [0.05, 0.1) is 17.7 Å². The van der Waals surface area contributed by atoms with E-state index in [1.165, 1.54) is 5.01 Å². The third kappa shape index (κ3) is 3.45. The van der Waals surface area contributed by atoms with Crippen molar-refractivity contribution < 1.29 is 4.74 Å². The van der Waals surface area contributed by atoms with E-state index >= 15 is 0 Å². The van der Waals surface area contributed by atoms with Crippen LogP contribution in [0.2, 0.25) is 0 Å². The van der Waals surface area contributed by atoms with Gasteiger partial charge in [-0.1, -0.05) is 6.92 Å². The van der Waals surface area contributed by atoms with Crippen LogP contribution in [0.5, 0.6) is 0 Å². The van der Waals surface area contributed by atoms with Gasteiger partial charge in [-0.15, -0.1) is 11.3 Å². The van der Waals surface area contributed by atoms with Crippen molar-refractivity contribution in [1.29, 1.82) is 0 Å². The predicted octanol–water partition coefficient (Wildman–Crippen LogP) is 1.80. The number of nitrogens with zero attached hydrogens (tertiary/aromatic N) is 1. The molecule has 0 amide bonds. The average molecular weight is 258 g/mol. The summed E-state index contributed by atoms with van der Waals surface area (Å²) in [5.41, 5.74) is 0. The van der Waals surface area contributed by atoms with Crippen molar-refractivity contribution in [2.45, 2.75) is 25.5 Å². The van der Waals surface area contributed by atoms with Crippen molar-refractivity contribution in [3.8, 4) is 0 Å². The van der Waals surface area contributed by atoms with E-state index in [4.69, 9.17) is 4.74 Å². The number of rotatable bonds is 5. The van der Waals surface area contributed by atoms with Gasteiger partial charge in [-0.3, -0.25) is 0 Å². The Morgan fingerprint density at radius 3 is 3.25 bits per heavy atom. The molecule has 0 spiro atoms. The molecule has 2 atom stereocenters. The average Bonchev–Trinajstić information content (AvgIpc) is 2.83. The van der Waals surface area contributed by atoms with Gasteiger partial charge in [0.1, 0.15) is 0 Å². The zero-order valence-electron chi connectivity index (χ0n) is 9.52. The Morgan fingerprint density at radius 2 is 2.62 bits per heavy atom. The highest BCUT2D eigenvalue weighted by Gasteiger charge is 2.24. The summed E-state index contributed by atoms with van der Waals surface area (Å²) < 4.78 is 5.83. The molecule has 1 aliphatic rings. The highest BCUT2D eigenvalue weighted by molar-refractivity contribution is 7.99. The summed E-state index contributed by atoms with van der Waals surface area (Å²) in [5.74, 6) is 2.23. The SMILES string of the molecule is CCNC(Cc1nccs1)C1CSCCO1. The summed E-state index contributed by atoms with van der Waals surface area (Å²) >= 11 is 3.72. The molecular formula is C11H18N2OS2. The van der Waals surface area contributed by atoms with E-state index in [1.54, 1.807) is 11.3 Å². The molecule has 0 bridgehead atoms. The van der Waals surface area contributed by atoms with E-state index in [2.05, 4.69) is 17.2 Å². The summed E-state index contributed by atoms with van der Waals surface area (Å²) in [5, 5.41) is 6.75. The lowest BCUT2D eigenvalue weighted by atomic mass is 10.1. The first-order valence-electron chi connectivity index (χ1n) is 5.71. The van der Waals surface area contributed by atoms with Crippen LogP contribution in [0.4, 0.5) is 0 Å². The Hall–Kier alpha value is -0.100. The molecule has 2 heterocycles. The molecule has 1 aromatic rings. The molecular weight excluding hydrogens is 240 g/mol. The molecule has 1 N–H and O–H groups in total. The summed E-state index contributed by atoms with van der Waals surface area (Å²) in [6.45, 7) is 4.01. The van der Waals surface area contributed by atoms with E-state index in [1.807, 2.05) is 23.3 Å². The Labute approximate surface area is 105 Å². The molecule has 0 saturated carbocycles. The van der Waals surface area contributed by atoms with Crippen molar-refractivity contribution in [3.63, 3.8) is 0 Å². The number of nitrogens with one attached hydrogen (secondary N) is 1. The largest absolute Gasteiger partial charge is 0.375 e. The third-order valence-corrected chi connectivity index (χ3v) is 4.46. The maximum absolute atomic E-state index is 5.83. The quantitative estimate of drug-likeness (QED) is 0.873. The van der Waals surface area contributed by atoms with Gasteiger partial charge in [0, 0.05) is 35.5 Å². The lowest BCUT2D eigenvalue weighted by Crippen LogP contribution is -2.46. The molecule has 2 unspecified atom stereocenters. The van der Waals surface area contributed by atoms with E-state index < -0.39 is 0 Å². The molecule has 0 aromatic carbocycles. The monoisotopic (exact) mass is 258 g/mol. The molecule has 16 heavy (non-hydrogen) atoms. The van der Waals surface area contributed by atoms with Gasteiger partial charge in [-0.25, -0.2) is 4.98 Å². The van der Waals surface area contributed by atoms with Crippen molar-refractivity contribution in [2.24, 2.45) is 0 Å². The van der Waals surface area contributed by atoms with Gasteiger partial charge < -0.3 is 10.1 Å². The Bertz CT molecular complexity index is 286. The van der Waals surface area contributed by atoms with Crippen molar-refractivity contribution in [3.05, 3.63) is 16.6 Å². The van der Waals surface area contributed by atoms with Gasteiger partial charge in [0.25, 0.3) is 0 Å². The van der Waals surface area contributed by atoms with Crippen LogP contribution in [0.25, 0.3) is 0 Å². The fourth-order valence-corrected chi connectivity index (χ4v) is 3.50. The number of hydrogen-bond acceptors (Lipinski definition) is 5. The van der Waals surface area contributed by atoms with Crippen molar-refractivity contribution in [1.82, 2.24) is 10.3 Å². The van der Waals surface area contributed by atoms with E-state index in [0.29, 0.717) is 12.1 Å². The summed E-state index contributed by atoms with van der Waals surface area (Å²) in [7, 11) is 0. The summed E-state index contributed by atoms with van der Waals surface area (Å²) in [6.07, 6.45) is 3.19. The van der Waals surface area contributed by atoms with Crippen molar-refractivity contribution >= 4 is 23.1 Å². The number of hydrogen-bond donors (Lipinski definition) is 1. The topological polar surface area (TPSA) is 34.2 Å². The highest BCUT2D eigenvalue weighted by atomic mass is 32.2. The molecule has 1 fully saturated rings. The number of ether oxygens (including phenoxy) is 1. The highest BCUT2D eigenvalue weighted by Crippen LogP contribution is 2.18. The van der Waals surface area contributed by atoms with E-state index in [9.17, 15) is 0 Å². The first kappa shape index (κ1) is 12.4. The number of thioether (sulfide) groups is 1. The third-order valence-electron chi connectivity index (χ3n) is 2.63. The normalized spacial score (nSPS) is 23.2. The fourth-order valence-electron chi connectivity index (χ4n) is 1.88. The number of aromatic nitrogens is 1. The smallest absolute Gasteiger partial charge is 0.0941 e. The van der Waals surface area contributed by atoms with E-state index in [0.717, 1.165) is 31.1 Å². The van der Waals surface area contributed by atoms with Gasteiger partial charge in [-0.2, -0.15) is 11.8 Å². The summed E-state index contributed by atoms with van der Waals surface area (Å²) in [6, 6.07) is 0.406. The Morgan fingerprint density at radius 1 is 1.69 bits per heavy atom. The maximum atomic E-state index is 5.83. The van der Waals surface area contributed by atoms with Gasteiger partial charge >= 0.3 is 0 Å². The second-order valence-corrected chi connectivity index (χ2v) is 5.91. The van der Waals surface area contributed by atoms with E-state index in [-0.39, 0.29) is 0 Å². The maximum Gasteiger partial charge on any atom is 0.0941 e. The van der Waals surface area contributed by atoms with Crippen LogP contribution in [0.3, 0.4) is 0 Å². The van der Waals surface area contributed by atoms with Crippen LogP contribution in [0.15, 0.2) is 11.6 Å². The van der Waals surface area contributed by atoms with Crippen LogP contribution in [0.1, 0.15) is 11.9 Å². The second kappa shape index (κ2) is 6.59.